The van der Waals surface area contributed by atoms with Crippen molar-refractivity contribution in [1.82, 2.24) is 15.0 Å². The van der Waals surface area contributed by atoms with Gasteiger partial charge in [-0.25, -0.2) is 4.79 Å². The van der Waals surface area contributed by atoms with Gasteiger partial charge in [-0.1, -0.05) is 17.3 Å². The maximum absolute atomic E-state index is 10.6. The summed E-state index contributed by atoms with van der Waals surface area (Å²) in [5.41, 5.74) is 1.36. The minimum absolute atomic E-state index is 0.254. The van der Waals surface area contributed by atoms with Gasteiger partial charge in [-0.3, -0.25) is 4.68 Å². The molecule has 0 aliphatic rings. The second-order valence-electron chi connectivity index (χ2n) is 4.00. The Kier molecular flexibility index (Phi) is 4.52. The van der Waals surface area contributed by atoms with Crippen molar-refractivity contribution in [3.8, 4) is 5.75 Å². The summed E-state index contributed by atoms with van der Waals surface area (Å²) in [5.74, 6) is -0.444. The summed E-state index contributed by atoms with van der Waals surface area (Å²) in [4.78, 5) is 10.6. The van der Waals surface area contributed by atoms with Gasteiger partial charge in [-0.2, -0.15) is 0 Å². The fourth-order valence-electron chi connectivity index (χ4n) is 1.58. The molecule has 0 aliphatic carbocycles. The number of halogens is 1. The molecule has 0 saturated heterocycles. The first-order chi connectivity index (χ1) is 9.56. The average Bonchev–Trinajstić information content (AvgIpc) is 2.81. The smallest absolute Gasteiger partial charge is 0.328 e. The number of aromatic nitrogens is 3. The van der Waals surface area contributed by atoms with E-state index >= 15 is 0 Å². The van der Waals surface area contributed by atoms with Gasteiger partial charge in [0.15, 0.2) is 0 Å². The molecule has 104 valence electrons. The van der Waals surface area contributed by atoms with E-state index in [2.05, 4.69) is 26.2 Å². The molecule has 0 amide bonds. The second-order valence-corrected chi connectivity index (χ2v) is 4.86. The number of para-hydroxylation sites is 1. The molecule has 0 atom stereocenters. The Balaban J connectivity index is 2.19. The maximum atomic E-state index is 10.6. The highest BCUT2D eigenvalue weighted by atomic mass is 79.9. The summed E-state index contributed by atoms with van der Waals surface area (Å²) >= 11 is 3.39. The quantitative estimate of drug-likeness (QED) is 0.846. The van der Waals surface area contributed by atoms with E-state index in [4.69, 9.17) is 9.84 Å². The number of ether oxygens (including phenoxy) is 1. The van der Waals surface area contributed by atoms with Crippen LogP contribution in [0, 0.1) is 0 Å². The highest BCUT2D eigenvalue weighted by Crippen LogP contribution is 2.30. The van der Waals surface area contributed by atoms with Gasteiger partial charge in [0.2, 0.25) is 0 Å². The third-order valence-corrected chi connectivity index (χ3v) is 3.04. The highest BCUT2D eigenvalue weighted by molar-refractivity contribution is 9.10. The molecule has 2 aromatic rings. The first kappa shape index (κ1) is 14.3. The van der Waals surface area contributed by atoms with Crippen LogP contribution in [-0.4, -0.2) is 26.1 Å². The normalized spacial score (nSPS) is 10.9. The van der Waals surface area contributed by atoms with E-state index in [1.165, 1.54) is 6.08 Å². The van der Waals surface area contributed by atoms with Crippen molar-refractivity contribution in [2.45, 2.75) is 6.61 Å². The lowest BCUT2D eigenvalue weighted by Gasteiger charge is -2.09. The molecule has 1 heterocycles. The fourth-order valence-corrected chi connectivity index (χ4v) is 2.07. The zero-order valence-electron chi connectivity index (χ0n) is 10.7. The van der Waals surface area contributed by atoms with E-state index in [0.717, 1.165) is 10.5 Å². The minimum Gasteiger partial charge on any atom is -0.485 e. The summed E-state index contributed by atoms with van der Waals surface area (Å²) in [7, 11) is 1.77. The number of carboxylic acids is 1. The average molecular weight is 338 g/mol. The van der Waals surface area contributed by atoms with Gasteiger partial charge in [0.25, 0.3) is 0 Å². The lowest BCUT2D eigenvalue weighted by atomic mass is 10.2. The molecular weight excluding hydrogens is 326 g/mol. The van der Waals surface area contributed by atoms with Crippen molar-refractivity contribution < 1.29 is 14.6 Å². The molecule has 1 aromatic heterocycles. The van der Waals surface area contributed by atoms with Crippen molar-refractivity contribution in [3.05, 3.63) is 46.2 Å². The van der Waals surface area contributed by atoms with E-state index in [-0.39, 0.29) is 6.61 Å². The van der Waals surface area contributed by atoms with Crippen LogP contribution in [-0.2, 0) is 18.4 Å². The van der Waals surface area contributed by atoms with E-state index in [0.29, 0.717) is 17.0 Å². The van der Waals surface area contributed by atoms with E-state index in [9.17, 15) is 4.79 Å². The third-order valence-electron chi connectivity index (χ3n) is 2.42. The van der Waals surface area contributed by atoms with E-state index in [1.807, 2.05) is 6.07 Å². The van der Waals surface area contributed by atoms with Crippen molar-refractivity contribution in [3.63, 3.8) is 0 Å². The van der Waals surface area contributed by atoms with Crippen molar-refractivity contribution in [2.75, 3.05) is 0 Å². The molecule has 0 aliphatic heterocycles. The Bertz CT molecular complexity index is 652. The van der Waals surface area contributed by atoms with Gasteiger partial charge in [-0.05, 0) is 28.1 Å². The summed E-state index contributed by atoms with van der Waals surface area (Å²) < 4.78 is 8.02. The zero-order chi connectivity index (χ0) is 14.5. The number of nitrogens with zero attached hydrogens (tertiary/aromatic N) is 3. The molecule has 6 nitrogen and oxygen atoms in total. The molecule has 2 rings (SSSR count). The molecule has 20 heavy (non-hydrogen) atoms. The summed E-state index contributed by atoms with van der Waals surface area (Å²) in [5, 5.41) is 16.4. The number of hydrogen-bond acceptors (Lipinski definition) is 4. The van der Waals surface area contributed by atoms with Crippen LogP contribution in [0.3, 0.4) is 0 Å². The number of hydrogen-bond donors (Lipinski definition) is 1. The standard InChI is InChI=1S/C13H12BrN3O3/c1-17-7-10(15-16-17)8-20-13-9(5-6-12(18)19)3-2-4-11(13)14/h2-7H,8H2,1H3,(H,18,19)/b6-5+. The van der Waals surface area contributed by atoms with E-state index in [1.54, 1.807) is 30.1 Å². The van der Waals surface area contributed by atoms with E-state index < -0.39 is 5.97 Å². The van der Waals surface area contributed by atoms with Crippen LogP contribution in [0.4, 0.5) is 0 Å². The first-order valence-electron chi connectivity index (χ1n) is 5.74. The fraction of sp³-hybridized carbons (Fsp3) is 0.154. The first-order valence-corrected chi connectivity index (χ1v) is 6.53. The van der Waals surface area contributed by atoms with Gasteiger partial charge in [0, 0.05) is 18.7 Å². The lowest BCUT2D eigenvalue weighted by molar-refractivity contribution is -0.131. The second kappa shape index (κ2) is 6.33. The van der Waals surface area contributed by atoms with Crippen LogP contribution in [0.15, 0.2) is 34.9 Å². The molecule has 1 aromatic carbocycles. The van der Waals surface area contributed by atoms with Gasteiger partial charge in [0.1, 0.15) is 18.1 Å². The van der Waals surface area contributed by atoms with Gasteiger partial charge >= 0.3 is 5.97 Å². The number of aliphatic carboxylic acids is 1. The lowest BCUT2D eigenvalue weighted by Crippen LogP contribution is -1.98. The molecule has 0 fully saturated rings. The third kappa shape index (κ3) is 3.67. The van der Waals surface area contributed by atoms with Crippen LogP contribution < -0.4 is 4.74 Å². The van der Waals surface area contributed by atoms with Crippen LogP contribution in [0.5, 0.6) is 5.75 Å². The topological polar surface area (TPSA) is 77.2 Å². The number of rotatable bonds is 5. The largest absolute Gasteiger partial charge is 0.485 e. The molecule has 0 unspecified atom stereocenters. The Morgan fingerprint density at radius 1 is 1.55 bits per heavy atom. The van der Waals surface area contributed by atoms with Crippen LogP contribution in [0.25, 0.3) is 6.08 Å². The summed E-state index contributed by atoms with van der Waals surface area (Å²) in [6, 6.07) is 5.40. The molecule has 7 heteroatoms. The van der Waals surface area contributed by atoms with Crippen LogP contribution in [0.2, 0.25) is 0 Å². The van der Waals surface area contributed by atoms with Crippen molar-refractivity contribution in [2.24, 2.45) is 7.05 Å². The number of aryl methyl sites for hydroxylation is 1. The Labute approximate surface area is 123 Å². The van der Waals surface area contributed by atoms with Gasteiger partial charge in [0.05, 0.1) is 10.7 Å². The highest BCUT2D eigenvalue weighted by Gasteiger charge is 2.08. The predicted molar refractivity (Wildman–Crippen MR) is 76.1 cm³/mol. The summed E-state index contributed by atoms with van der Waals surface area (Å²) in [6.07, 6.45) is 4.31. The Hall–Kier alpha value is -2.15. The van der Waals surface area contributed by atoms with Crippen molar-refractivity contribution in [1.29, 1.82) is 0 Å². The Morgan fingerprint density at radius 3 is 3.00 bits per heavy atom. The summed E-state index contributed by atoms with van der Waals surface area (Å²) in [6.45, 7) is 0.254. The molecule has 0 bridgehead atoms. The molecule has 1 N–H and O–H groups in total. The van der Waals surface area contributed by atoms with Crippen molar-refractivity contribution >= 4 is 28.0 Å². The molecule has 0 saturated carbocycles. The number of benzene rings is 1. The number of carboxylic acid groups (broad SMARTS) is 1. The predicted octanol–water partition coefficient (Wildman–Crippen LogP) is 2.25. The van der Waals surface area contributed by atoms with Gasteiger partial charge in [-0.15, -0.1) is 5.10 Å². The van der Waals surface area contributed by atoms with Crippen LogP contribution >= 0.6 is 15.9 Å². The molecule has 0 spiro atoms. The number of carbonyl (C=O) groups is 1. The van der Waals surface area contributed by atoms with Crippen LogP contribution in [0.1, 0.15) is 11.3 Å². The molecular formula is C13H12BrN3O3. The molecule has 0 radical (unpaired) electrons. The SMILES string of the molecule is Cn1cc(COc2c(Br)cccc2/C=C/C(=O)O)nn1. The minimum atomic E-state index is -1.01. The van der Waals surface area contributed by atoms with Gasteiger partial charge < -0.3 is 9.84 Å². The monoisotopic (exact) mass is 337 g/mol. The Morgan fingerprint density at radius 2 is 2.35 bits per heavy atom. The zero-order valence-corrected chi connectivity index (χ0v) is 12.2. The maximum Gasteiger partial charge on any atom is 0.328 e.